The van der Waals surface area contributed by atoms with Crippen molar-refractivity contribution >= 4 is 40.0 Å². The number of rotatable bonds is 3. The number of carbonyl (C=O) groups is 2. The standard InChI is InChI=1S/C13H11ClN2O3S/c1-6-3-8(5-9(14)4-6)11(17)15-12-10(13(18)19)7(2)16-20-12/h3-5H,1-2H3,(H,15,17)(H,18,19). The van der Waals surface area contributed by atoms with Crippen LogP contribution in [0.5, 0.6) is 0 Å². The highest BCUT2D eigenvalue weighted by molar-refractivity contribution is 7.11. The first-order chi connectivity index (χ1) is 9.38. The lowest BCUT2D eigenvalue weighted by Gasteiger charge is -2.05. The van der Waals surface area contributed by atoms with E-state index in [-0.39, 0.29) is 10.6 Å². The number of carboxylic acid groups (broad SMARTS) is 1. The van der Waals surface area contributed by atoms with E-state index in [1.165, 1.54) is 6.07 Å². The molecule has 2 N–H and O–H groups in total. The third kappa shape index (κ3) is 2.97. The van der Waals surface area contributed by atoms with Crippen LogP contribution in [0.25, 0.3) is 0 Å². The lowest BCUT2D eigenvalue weighted by Crippen LogP contribution is -2.13. The van der Waals surface area contributed by atoms with Crippen molar-refractivity contribution in [2.24, 2.45) is 0 Å². The van der Waals surface area contributed by atoms with Gasteiger partial charge >= 0.3 is 5.97 Å². The van der Waals surface area contributed by atoms with Crippen molar-refractivity contribution < 1.29 is 14.7 Å². The average molecular weight is 311 g/mol. The highest BCUT2D eigenvalue weighted by Crippen LogP contribution is 2.25. The molecule has 0 fully saturated rings. The largest absolute Gasteiger partial charge is 0.478 e. The Morgan fingerprint density at radius 1 is 1.30 bits per heavy atom. The number of hydrogen-bond acceptors (Lipinski definition) is 4. The van der Waals surface area contributed by atoms with Crippen molar-refractivity contribution in [3.8, 4) is 0 Å². The molecule has 2 rings (SSSR count). The molecule has 0 radical (unpaired) electrons. The van der Waals surface area contributed by atoms with E-state index in [0.29, 0.717) is 16.3 Å². The Hall–Kier alpha value is -1.92. The zero-order valence-corrected chi connectivity index (χ0v) is 12.3. The molecule has 0 saturated heterocycles. The third-order valence-electron chi connectivity index (χ3n) is 2.61. The highest BCUT2D eigenvalue weighted by Gasteiger charge is 2.19. The number of aryl methyl sites for hydroxylation is 2. The predicted octanol–water partition coefficient (Wildman–Crippen LogP) is 3.36. The van der Waals surface area contributed by atoms with Gasteiger partial charge in [0.05, 0.1) is 5.69 Å². The Balaban J connectivity index is 2.30. The van der Waals surface area contributed by atoms with Crippen LogP contribution in [0.3, 0.4) is 0 Å². The van der Waals surface area contributed by atoms with Crippen LogP contribution in [0.15, 0.2) is 18.2 Å². The number of aromatic carboxylic acids is 1. The molecule has 104 valence electrons. The van der Waals surface area contributed by atoms with Crippen molar-refractivity contribution in [3.05, 3.63) is 45.6 Å². The molecule has 0 aliphatic rings. The van der Waals surface area contributed by atoms with E-state index in [4.69, 9.17) is 16.7 Å². The quantitative estimate of drug-likeness (QED) is 0.911. The molecule has 1 aromatic heterocycles. The SMILES string of the molecule is Cc1cc(Cl)cc(C(=O)Nc2snc(C)c2C(=O)O)c1. The van der Waals surface area contributed by atoms with Crippen LogP contribution in [0.2, 0.25) is 5.02 Å². The molecular formula is C13H11ClN2O3S. The van der Waals surface area contributed by atoms with Crippen LogP contribution in [-0.2, 0) is 0 Å². The topological polar surface area (TPSA) is 79.3 Å². The molecule has 0 saturated carbocycles. The molecule has 0 aliphatic carbocycles. The summed E-state index contributed by atoms with van der Waals surface area (Å²) in [7, 11) is 0. The number of anilines is 1. The second-order valence-corrected chi connectivity index (χ2v) is 5.46. The fraction of sp³-hybridized carbons (Fsp3) is 0.154. The van der Waals surface area contributed by atoms with Gasteiger partial charge in [-0.05, 0) is 49.1 Å². The van der Waals surface area contributed by atoms with Crippen molar-refractivity contribution in [2.75, 3.05) is 5.32 Å². The van der Waals surface area contributed by atoms with Gasteiger partial charge < -0.3 is 10.4 Å². The number of amides is 1. The maximum absolute atomic E-state index is 12.1. The van der Waals surface area contributed by atoms with Crippen LogP contribution in [0.1, 0.15) is 32.0 Å². The number of hydrogen-bond donors (Lipinski definition) is 2. The van der Waals surface area contributed by atoms with E-state index in [1.54, 1.807) is 19.1 Å². The molecule has 0 spiro atoms. The molecule has 20 heavy (non-hydrogen) atoms. The Bertz CT molecular complexity index is 677. The van der Waals surface area contributed by atoms with Crippen molar-refractivity contribution in [3.63, 3.8) is 0 Å². The fourth-order valence-corrected chi connectivity index (χ4v) is 2.82. The van der Waals surface area contributed by atoms with Gasteiger partial charge in [0, 0.05) is 10.6 Å². The van der Waals surface area contributed by atoms with Gasteiger partial charge in [-0.2, -0.15) is 4.37 Å². The lowest BCUT2D eigenvalue weighted by atomic mass is 10.1. The second-order valence-electron chi connectivity index (χ2n) is 4.25. The molecule has 2 aromatic rings. The minimum absolute atomic E-state index is 0.0158. The first-order valence-electron chi connectivity index (χ1n) is 5.66. The highest BCUT2D eigenvalue weighted by atomic mass is 35.5. The molecule has 1 amide bonds. The maximum Gasteiger partial charge on any atom is 0.340 e. The summed E-state index contributed by atoms with van der Waals surface area (Å²) in [5.74, 6) is -1.53. The summed E-state index contributed by atoms with van der Waals surface area (Å²) in [5.41, 5.74) is 1.61. The lowest BCUT2D eigenvalue weighted by molar-refractivity contribution is 0.0697. The van der Waals surface area contributed by atoms with Crippen LogP contribution < -0.4 is 5.32 Å². The Morgan fingerprint density at radius 3 is 2.60 bits per heavy atom. The smallest absolute Gasteiger partial charge is 0.340 e. The molecule has 0 aliphatic heterocycles. The third-order valence-corrected chi connectivity index (χ3v) is 3.68. The summed E-state index contributed by atoms with van der Waals surface area (Å²) in [5, 5.41) is 12.3. The number of aromatic nitrogens is 1. The summed E-state index contributed by atoms with van der Waals surface area (Å²) in [6.07, 6.45) is 0. The fourth-order valence-electron chi connectivity index (χ4n) is 1.75. The maximum atomic E-state index is 12.1. The van der Waals surface area contributed by atoms with Crippen LogP contribution in [0, 0.1) is 13.8 Å². The van der Waals surface area contributed by atoms with Gasteiger partial charge in [-0.15, -0.1) is 0 Å². The molecule has 0 unspecified atom stereocenters. The van der Waals surface area contributed by atoms with Crippen LogP contribution in [0.4, 0.5) is 5.00 Å². The summed E-state index contributed by atoms with van der Waals surface area (Å²) in [6, 6.07) is 4.94. The van der Waals surface area contributed by atoms with E-state index >= 15 is 0 Å². The molecule has 5 nitrogen and oxygen atoms in total. The Morgan fingerprint density at radius 2 is 2.00 bits per heavy atom. The summed E-state index contributed by atoms with van der Waals surface area (Å²) >= 11 is 6.84. The summed E-state index contributed by atoms with van der Waals surface area (Å²) in [6.45, 7) is 3.40. The van der Waals surface area contributed by atoms with Crippen molar-refractivity contribution in [1.82, 2.24) is 4.37 Å². The molecule has 1 heterocycles. The average Bonchev–Trinajstić information content (AvgIpc) is 2.69. The normalized spacial score (nSPS) is 10.3. The van der Waals surface area contributed by atoms with E-state index < -0.39 is 11.9 Å². The van der Waals surface area contributed by atoms with Gasteiger partial charge in [-0.1, -0.05) is 11.6 Å². The van der Waals surface area contributed by atoms with Crippen molar-refractivity contribution in [1.29, 1.82) is 0 Å². The van der Waals surface area contributed by atoms with Gasteiger partial charge in [0.15, 0.2) is 0 Å². The number of carbonyl (C=O) groups excluding carboxylic acids is 1. The predicted molar refractivity (Wildman–Crippen MR) is 78.0 cm³/mol. The number of benzene rings is 1. The first-order valence-corrected chi connectivity index (χ1v) is 6.81. The number of nitrogens with one attached hydrogen (secondary N) is 1. The molecular weight excluding hydrogens is 300 g/mol. The first kappa shape index (κ1) is 14.5. The monoisotopic (exact) mass is 310 g/mol. The Labute approximate surface area is 124 Å². The minimum atomic E-state index is -1.12. The van der Waals surface area contributed by atoms with E-state index in [9.17, 15) is 9.59 Å². The minimum Gasteiger partial charge on any atom is -0.478 e. The summed E-state index contributed by atoms with van der Waals surface area (Å²) in [4.78, 5) is 23.2. The number of carboxylic acids is 1. The van der Waals surface area contributed by atoms with E-state index in [0.717, 1.165) is 17.1 Å². The zero-order chi connectivity index (χ0) is 14.9. The van der Waals surface area contributed by atoms with Gasteiger partial charge in [-0.3, -0.25) is 4.79 Å². The molecule has 0 atom stereocenters. The van der Waals surface area contributed by atoms with Crippen molar-refractivity contribution in [2.45, 2.75) is 13.8 Å². The van der Waals surface area contributed by atoms with Crippen LogP contribution >= 0.6 is 23.1 Å². The van der Waals surface area contributed by atoms with E-state index in [1.807, 2.05) is 6.92 Å². The van der Waals surface area contributed by atoms with Gasteiger partial charge in [-0.25, -0.2) is 4.79 Å². The van der Waals surface area contributed by atoms with E-state index in [2.05, 4.69) is 9.69 Å². The van der Waals surface area contributed by atoms with Gasteiger partial charge in [0.1, 0.15) is 10.6 Å². The Kier molecular flexibility index (Phi) is 4.06. The van der Waals surface area contributed by atoms with Crippen LogP contribution in [-0.4, -0.2) is 21.4 Å². The zero-order valence-electron chi connectivity index (χ0n) is 10.7. The molecule has 7 heteroatoms. The van der Waals surface area contributed by atoms with Gasteiger partial charge in [0.25, 0.3) is 5.91 Å². The second kappa shape index (κ2) is 5.60. The summed E-state index contributed by atoms with van der Waals surface area (Å²) < 4.78 is 3.94. The molecule has 1 aromatic carbocycles. The number of nitrogens with zero attached hydrogens (tertiary/aromatic N) is 1. The number of halogens is 1. The van der Waals surface area contributed by atoms with Gasteiger partial charge in [0.2, 0.25) is 0 Å². The molecule has 0 bridgehead atoms.